The molecule has 2 atom stereocenters. The van der Waals surface area contributed by atoms with Crippen LogP contribution in [0.4, 0.5) is 0 Å². The monoisotopic (exact) mass is 240 g/mol. The van der Waals surface area contributed by atoms with Crippen LogP contribution in [0.5, 0.6) is 0 Å². The summed E-state index contributed by atoms with van der Waals surface area (Å²) in [7, 11) is 3.14. The predicted molar refractivity (Wildman–Crippen MR) is 63.1 cm³/mol. The van der Waals surface area contributed by atoms with Gasteiger partial charge in [-0.25, -0.2) is 4.79 Å². The molecule has 4 heteroatoms. The van der Waals surface area contributed by atoms with E-state index in [9.17, 15) is 4.79 Å². The SMILES string of the molecule is COC(=O)c1cc2c(s1)C(C)CCC2OC. The number of fused-ring (bicyclic) bond motifs is 1. The van der Waals surface area contributed by atoms with Crippen LogP contribution in [0.1, 0.15) is 51.9 Å². The van der Waals surface area contributed by atoms with Gasteiger partial charge < -0.3 is 9.47 Å². The molecule has 1 aromatic rings. The Kier molecular flexibility index (Phi) is 3.30. The summed E-state index contributed by atoms with van der Waals surface area (Å²) in [5.74, 6) is 0.270. The minimum Gasteiger partial charge on any atom is -0.465 e. The van der Waals surface area contributed by atoms with Crippen molar-refractivity contribution >= 4 is 17.3 Å². The predicted octanol–water partition coefficient (Wildman–Crippen LogP) is 3.12. The maximum absolute atomic E-state index is 11.5. The van der Waals surface area contributed by atoms with E-state index in [-0.39, 0.29) is 12.1 Å². The summed E-state index contributed by atoms with van der Waals surface area (Å²) in [6.07, 6.45) is 2.29. The Hall–Kier alpha value is -0.870. The molecular formula is C12H16O3S. The van der Waals surface area contributed by atoms with Gasteiger partial charge in [0.15, 0.2) is 0 Å². The largest absolute Gasteiger partial charge is 0.465 e. The van der Waals surface area contributed by atoms with Gasteiger partial charge in [-0.2, -0.15) is 0 Å². The Morgan fingerprint density at radius 1 is 1.44 bits per heavy atom. The van der Waals surface area contributed by atoms with Gasteiger partial charge in [-0.3, -0.25) is 0 Å². The molecule has 0 saturated carbocycles. The zero-order valence-corrected chi connectivity index (χ0v) is 10.6. The fraction of sp³-hybridized carbons (Fsp3) is 0.583. The number of thiophene rings is 1. The quantitative estimate of drug-likeness (QED) is 0.745. The van der Waals surface area contributed by atoms with Crippen molar-refractivity contribution in [3.63, 3.8) is 0 Å². The van der Waals surface area contributed by atoms with E-state index in [2.05, 4.69) is 6.92 Å². The molecule has 0 aromatic carbocycles. The van der Waals surface area contributed by atoms with Crippen LogP contribution in [-0.4, -0.2) is 20.2 Å². The van der Waals surface area contributed by atoms with Crippen LogP contribution in [0.25, 0.3) is 0 Å². The topological polar surface area (TPSA) is 35.5 Å². The molecule has 0 saturated heterocycles. The standard InChI is InChI=1S/C12H16O3S/c1-7-4-5-9(14-2)8-6-10(12(13)15-3)16-11(7)8/h6-7,9H,4-5H2,1-3H3. The highest BCUT2D eigenvalue weighted by Crippen LogP contribution is 2.43. The van der Waals surface area contributed by atoms with Crippen molar-refractivity contribution in [2.45, 2.75) is 31.8 Å². The second-order valence-corrected chi connectivity index (χ2v) is 5.21. The summed E-state index contributed by atoms with van der Waals surface area (Å²) in [5, 5.41) is 0. The third-order valence-electron chi connectivity index (χ3n) is 3.12. The molecule has 0 aliphatic heterocycles. The molecule has 1 aliphatic rings. The molecule has 16 heavy (non-hydrogen) atoms. The van der Waals surface area contributed by atoms with Crippen molar-refractivity contribution in [1.29, 1.82) is 0 Å². The summed E-state index contributed by atoms with van der Waals surface area (Å²) in [5.41, 5.74) is 1.17. The molecule has 3 nitrogen and oxygen atoms in total. The number of carbonyl (C=O) groups is 1. The number of hydrogen-bond acceptors (Lipinski definition) is 4. The molecule has 0 fully saturated rings. The van der Waals surface area contributed by atoms with Crippen LogP contribution < -0.4 is 0 Å². The summed E-state index contributed by atoms with van der Waals surface area (Å²) >= 11 is 1.54. The minimum atomic E-state index is -0.249. The van der Waals surface area contributed by atoms with Crippen molar-refractivity contribution in [3.05, 3.63) is 21.4 Å². The number of ether oxygens (including phenoxy) is 2. The minimum absolute atomic E-state index is 0.140. The van der Waals surface area contributed by atoms with Crippen molar-refractivity contribution in [2.24, 2.45) is 0 Å². The number of methoxy groups -OCH3 is 2. The average molecular weight is 240 g/mol. The maximum atomic E-state index is 11.5. The van der Waals surface area contributed by atoms with E-state index in [1.165, 1.54) is 17.6 Å². The van der Waals surface area contributed by atoms with Gasteiger partial charge in [0.05, 0.1) is 13.2 Å². The third-order valence-corrected chi connectivity index (χ3v) is 4.48. The van der Waals surface area contributed by atoms with E-state index in [1.807, 2.05) is 6.07 Å². The number of hydrogen-bond donors (Lipinski definition) is 0. The van der Waals surface area contributed by atoms with Crippen molar-refractivity contribution in [3.8, 4) is 0 Å². The van der Waals surface area contributed by atoms with Crippen LogP contribution >= 0.6 is 11.3 Å². The van der Waals surface area contributed by atoms with E-state index in [1.54, 1.807) is 18.4 Å². The smallest absolute Gasteiger partial charge is 0.348 e. The lowest BCUT2D eigenvalue weighted by atomic mass is 9.88. The van der Waals surface area contributed by atoms with Gasteiger partial charge in [-0.1, -0.05) is 6.92 Å². The maximum Gasteiger partial charge on any atom is 0.348 e. The fourth-order valence-electron chi connectivity index (χ4n) is 2.19. The molecule has 0 radical (unpaired) electrons. The Balaban J connectivity index is 2.39. The number of carbonyl (C=O) groups excluding carboxylic acids is 1. The summed E-state index contributed by atoms with van der Waals surface area (Å²) in [4.78, 5) is 13.4. The Morgan fingerprint density at radius 3 is 2.81 bits per heavy atom. The van der Waals surface area contributed by atoms with Gasteiger partial charge in [0.2, 0.25) is 0 Å². The van der Waals surface area contributed by atoms with Crippen molar-refractivity contribution < 1.29 is 14.3 Å². The lowest BCUT2D eigenvalue weighted by Crippen LogP contribution is -2.11. The van der Waals surface area contributed by atoms with E-state index >= 15 is 0 Å². The lowest BCUT2D eigenvalue weighted by molar-refractivity contribution is 0.0605. The van der Waals surface area contributed by atoms with Crippen molar-refractivity contribution in [2.75, 3.05) is 14.2 Å². The molecule has 0 N–H and O–H groups in total. The van der Waals surface area contributed by atoms with Crippen LogP contribution in [0.2, 0.25) is 0 Å². The van der Waals surface area contributed by atoms with Crippen LogP contribution in [-0.2, 0) is 9.47 Å². The molecule has 0 bridgehead atoms. The first-order chi connectivity index (χ1) is 7.67. The Morgan fingerprint density at radius 2 is 2.19 bits per heavy atom. The molecule has 2 unspecified atom stereocenters. The molecule has 1 aromatic heterocycles. The molecular weight excluding hydrogens is 224 g/mol. The second kappa shape index (κ2) is 4.55. The first kappa shape index (κ1) is 11.6. The van der Waals surface area contributed by atoms with Crippen LogP contribution in [0.15, 0.2) is 6.07 Å². The zero-order valence-electron chi connectivity index (χ0n) is 9.78. The highest BCUT2D eigenvalue weighted by Gasteiger charge is 2.28. The number of esters is 1. The molecule has 0 amide bonds. The Labute approximate surface area is 99.4 Å². The molecule has 2 rings (SSSR count). The highest BCUT2D eigenvalue weighted by molar-refractivity contribution is 7.14. The van der Waals surface area contributed by atoms with E-state index in [0.717, 1.165) is 12.8 Å². The van der Waals surface area contributed by atoms with Gasteiger partial charge in [0, 0.05) is 12.0 Å². The summed E-state index contributed by atoms with van der Waals surface area (Å²) in [6.45, 7) is 2.20. The van der Waals surface area contributed by atoms with Crippen LogP contribution in [0, 0.1) is 0 Å². The zero-order chi connectivity index (χ0) is 11.7. The molecule has 88 valence electrons. The molecule has 0 spiro atoms. The average Bonchev–Trinajstić information content (AvgIpc) is 2.74. The lowest BCUT2D eigenvalue weighted by Gasteiger charge is -2.25. The van der Waals surface area contributed by atoms with Crippen LogP contribution in [0.3, 0.4) is 0 Å². The van der Waals surface area contributed by atoms with E-state index in [0.29, 0.717) is 10.8 Å². The Bertz CT molecular complexity index is 397. The van der Waals surface area contributed by atoms with Gasteiger partial charge >= 0.3 is 5.97 Å². The first-order valence-corrected chi connectivity index (χ1v) is 6.23. The van der Waals surface area contributed by atoms with Crippen molar-refractivity contribution in [1.82, 2.24) is 0 Å². The normalized spacial score (nSPS) is 23.9. The summed E-state index contributed by atoms with van der Waals surface area (Å²) in [6, 6.07) is 1.93. The van der Waals surface area contributed by atoms with Gasteiger partial charge in [-0.15, -0.1) is 11.3 Å². The highest BCUT2D eigenvalue weighted by atomic mass is 32.1. The molecule has 1 heterocycles. The van der Waals surface area contributed by atoms with Gasteiger partial charge in [-0.05, 0) is 30.4 Å². The third kappa shape index (κ3) is 1.87. The summed E-state index contributed by atoms with van der Waals surface area (Å²) < 4.78 is 10.2. The van der Waals surface area contributed by atoms with Gasteiger partial charge in [0.1, 0.15) is 4.88 Å². The number of rotatable bonds is 2. The second-order valence-electron chi connectivity index (χ2n) is 4.12. The van der Waals surface area contributed by atoms with E-state index in [4.69, 9.17) is 9.47 Å². The van der Waals surface area contributed by atoms with Gasteiger partial charge in [0.25, 0.3) is 0 Å². The first-order valence-electron chi connectivity index (χ1n) is 5.42. The fourth-order valence-corrected chi connectivity index (χ4v) is 3.41. The van der Waals surface area contributed by atoms with E-state index < -0.39 is 0 Å². The molecule has 1 aliphatic carbocycles.